The van der Waals surface area contributed by atoms with Gasteiger partial charge in [-0.3, -0.25) is 4.79 Å². The molecule has 0 saturated heterocycles. The smallest absolute Gasteiger partial charge is 0.179 e. The van der Waals surface area contributed by atoms with Gasteiger partial charge in [-0.05, 0) is 31.2 Å². The zero-order valence-electron chi connectivity index (χ0n) is 7.16. The molecule has 0 heterocycles. The lowest BCUT2D eigenvalue weighted by Crippen LogP contribution is -2.26. The highest BCUT2D eigenvalue weighted by atomic mass is 35.5. The van der Waals surface area contributed by atoms with Gasteiger partial charge in [0.1, 0.15) is 5.82 Å². The molecule has 2 nitrogen and oxygen atoms in total. The monoisotopic (exact) mass is 203 g/mol. The summed E-state index contributed by atoms with van der Waals surface area (Å²) in [5, 5.41) is 0. The number of carbonyl (C=O) groups is 1. The largest absolute Gasteiger partial charge is 0.321 e. The lowest BCUT2D eigenvalue weighted by atomic mass is 10.1. The van der Waals surface area contributed by atoms with Crippen LogP contribution in [0.5, 0.6) is 0 Å². The van der Waals surface area contributed by atoms with Crippen LogP contribution >= 0.6 is 12.4 Å². The highest BCUT2D eigenvalue weighted by Gasteiger charge is 2.09. The Morgan fingerprint density at radius 1 is 1.38 bits per heavy atom. The van der Waals surface area contributed by atoms with Crippen molar-refractivity contribution < 1.29 is 9.18 Å². The number of halogens is 2. The highest BCUT2D eigenvalue weighted by Crippen LogP contribution is 2.04. The van der Waals surface area contributed by atoms with Gasteiger partial charge >= 0.3 is 0 Å². The highest BCUT2D eigenvalue weighted by molar-refractivity contribution is 5.99. The van der Waals surface area contributed by atoms with Crippen LogP contribution < -0.4 is 5.73 Å². The number of carbonyl (C=O) groups excluding carboxylic acids is 1. The van der Waals surface area contributed by atoms with Crippen LogP contribution in [0, 0.1) is 5.82 Å². The molecule has 0 bridgehead atoms. The van der Waals surface area contributed by atoms with Crippen LogP contribution in [-0.4, -0.2) is 11.8 Å². The summed E-state index contributed by atoms with van der Waals surface area (Å²) in [7, 11) is 0. The second-order valence-corrected chi connectivity index (χ2v) is 2.66. The van der Waals surface area contributed by atoms with Crippen molar-refractivity contribution in [1.29, 1.82) is 0 Å². The second kappa shape index (κ2) is 4.94. The molecular weight excluding hydrogens is 193 g/mol. The molecule has 1 rings (SSSR count). The van der Waals surface area contributed by atoms with Crippen LogP contribution in [0.4, 0.5) is 4.39 Å². The van der Waals surface area contributed by atoms with Gasteiger partial charge in [-0.1, -0.05) is 0 Å². The van der Waals surface area contributed by atoms with Crippen molar-refractivity contribution in [2.24, 2.45) is 5.73 Å². The van der Waals surface area contributed by atoms with Crippen LogP contribution in [0.1, 0.15) is 17.3 Å². The molecule has 13 heavy (non-hydrogen) atoms. The SMILES string of the molecule is CC(N)C(=O)c1ccc(F)cc1.Cl. The van der Waals surface area contributed by atoms with E-state index in [0.717, 1.165) is 0 Å². The summed E-state index contributed by atoms with van der Waals surface area (Å²) in [6.07, 6.45) is 0. The van der Waals surface area contributed by atoms with Crippen molar-refractivity contribution in [1.82, 2.24) is 0 Å². The average Bonchev–Trinajstić information content (AvgIpc) is 2.04. The van der Waals surface area contributed by atoms with Gasteiger partial charge in [0.25, 0.3) is 0 Å². The van der Waals surface area contributed by atoms with E-state index >= 15 is 0 Å². The van der Waals surface area contributed by atoms with Crippen molar-refractivity contribution in [2.45, 2.75) is 13.0 Å². The number of hydrogen-bond acceptors (Lipinski definition) is 2. The Balaban J connectivity index is 0.00000144. The van der Waals surface area contributed by atoms with Gasteiger partial charge in [0.05, 0.1) is 6.04 Å². The second-order valence-electron chi connectivity index (χ2n) is 2.66. The first-order valence-corrected chi connectivity index (χ1v) is 3.66. The summed E-state index contributed by atoms with van der Waals surface area (Å²) in [5.74, 6) is -0.522. The summed E-state index contributed by atoms with van der Waals surface area (Å²) in [5.41, 5.74) is 5.81. The lowest BCUT2D eigenvalue weighted by Gasteiger charge is -2.02. The Kier molecular flexibility index (Phi) is 4.59. The van der Waals surface area contributed by atoms with E-state index in [4.69, 9.17) is 5.73 Å². The first-order chi connectivity index (χ1) is 5.61. The molecule has 0 saturated carbocycles. The molecule has 1 atom stereocenters. The van der Waals surface area contributed by atoms with E-state index in [0.29, 0.717) is 5.56 Å². The average molecular weight is 204 g/mol. The molecule has 0 aliphatic heterocycles. The Morgan fingerprint density at radius 2 is 1.85 bits per heavy atom. The summed E-state index contributed by atoms with van der Waals surface area (Å²) in [6.45, 7) is 1.60. The number of hydrogen-bond donors (Lipinski definition) is 1. The predicted molar refractivity (Wildman–Crippen MR) is 51.6 cm³/mol. The van der Waals surface area contributed by atoms with E-state index in [1.54, 1.807) is 6.92 Å². The van der Waals surface area contributed by atoms with E-state index in [2.05, 4.69) is 0 Å². The van der Waals surface area contributed by atoms with Gasteiger partial charge in [-0.2, -0.15) is 0 Å². The van der Waals surface area contributed by atoms with Gasteiger partial charge in [0.2, 0.25) is 0 Å². The van der Waals surface area contributed by atoms with Crippen LogP contribution in [0.25, 0.3) is 0 Å². The molecule has 0 fully saturated rings. The summed E-state index contributed by atoms with van der Waals surface area (Å²) in [4.78, 5) is 11.2. The maximum absolute atomic E-state index is 12.4. The Labute approximate surface area is 82.3 Å². The molecule has 1 unspecified atom stereocenters. The lowest BCUT2D eigenvalue weighted by molar-refractivity contribution is 0.0968. The molecule has 72 valence electrons. The van der Waals surface area contributed by atoms with Crippen LogP contribution in [-0.2, 0) is 0 Å². The predicted octanol–water partition coefficient (Wildman–Crippen LogP) is 1.78. The fourth-order valence-electron chi connectivity index (χ4n) is 0.877. The Morgan fingerprint density at radius 3 is 2.23 bits per heavy atom. The van der Waals surface area contributed by atoms with Crippen LogP contribution in [0.15, 0.2) is 24.3 Å². The molecule has 0 aromatic heterocycles. The Bertz CT molecular complexity index is 284. The topological polar surface area (TPSA) is 43.1 Å². The van der Waals surface area contributed by atoms with Crippen molar-refractivity contribution in [3.8, 4) is 0 Å². The molecule has 1 aromatic rings. The molecule has 2 N–H and O–H groups in total. The quantitative estimate of drug-likeness (QED) is 0.745. The van der Waals surface area contributed by atoms with Crippen LogP contribution in [0.2, 0.25) is 0 Å². The zero-order chi connectivity index (χ0) is 9.14. The first kappa shape index (κ1) is 12.1. The molecule has 4 heteroatoms. The molecular formula is C9H11ClFNO. The van der Waals surface area contributed by atoms with Crippen molar-refractivity contribution >= 4 is 18.2 Å². The first-order valence-electron chi connectivity index (χ1n) is 3.66. The van der Waals surface area contributed by atoms with Crippen molar-refractivity contribution in [3.05, 3.63) is 35.6 Å². The summed E-state index contributed by atoms with van der Waals surface area (Å²) in [6, 6.07) is 4.82. The minimum atomic E-state index is -0.532. The van der Waals surface area contributed by atoms with Gasteiger partial charge in [0, 0.05) is 5.56 Å². The summed E-state index contributed by atoms with van der Waals surface area (Å²) < 4.78 is 12.4. The molecule has 0 radical (unpaired) electrons. The van der Waals surface area contributed by atoms with Gasteiger partial charge in [0.15, 0.2) is 5.78 Å². The number of nitrogens with two attached hydrogens (primary N) is 1. The third-order valence-electron chi connectivity index (χ3n) is 1.54. The number of benzene rings is 1. The van der Waals surface area contributed by atoms with Crippen molar-refractivity contribution in [3.63, 3.8) is 0 Å². The minimum absolute atomic E-state index is 0. The molecule has 0 aliphatic rings. The van der Waals surface area contributed by atoms with Gasteiger partial charge in [-0.25, -0.2) is 4.39 Å². The maximum Gasteiger partial charge on any atom is 0.179 e. The standard InChI is InChI=1S/C9H10FNO.ClH/c1-6(11)9(12)7-2-4-8(10)5-3-7;/h2-6H,11H2,1H3;1H. The fourth-order valence-corrected chi connectivity index (χ4v) is 0.877. The van der Waals surface area contributed by atoms with E-state index < -0.39 is 6.04 Å². The van der Waals surface area contributed by atoms with E-state index in [1.807, 2.05) is 0 Å². The third-order valence-corrected chi connectivity index (χ3v) is 1.54. The molecule has 0 spiro atoms. The molecule has 0 amide bonds. The maximum atomic E-state index is 12.4. The third kappa shape index (κ3) is 3.13. The van der Waals surface area contributed by atoms with E-state index in [9.17, 15) is 9.18 Å². The molecule has 1 aromatic carbocycles. The minimum Gasteiger partial charge on any atom is -0.321 e. The Hall–Kier alpha value is -0.930. The molecule has 0 aliphatic carbocycles. The number of ketones is 1. The fraction of sp³-hybridized carbons (Fsp3) is 0.222. The van der Waals surface area contributed by atoms with E-state index in [1.165, 1.54) is 24.3 Å². The van der Waals surface area contributed by atoms with Gasteiger partial charge < -0.3 is 5.73 Å². The van der Waals surface area contributed by atoms with E-state index in [-0.39, 0.29) is 24.0 Å². The zero-order valence-corrected chi connectivity index (χ0v) is 7.98. The van der Waals surface area contributed by atoms with Crippen molar-refractivity contribution in [2.75, 3.05) is 0 Å². The summed E-state index contributed by atoms with van der Waals surface area (Å²) >= 11 is 0. The number of rotatable bonds is 2. The van der Waals surface area contributed by atoms with Crippen LogP contribution in [0.3, 0.4) is 0 Å². The normalized spacial score (nSPS) is 11.6. The number of Topliss-reactive ketones (excluding diaryl/α,β-unsaturated/α-hetero) is 1. The van der Waals surface area contributed by atoms with Gasteiger partial charge in [-0.15, -0.1) is 12.4 Å².